The van der Waals surface area contributed by atoms with Crippen molar-refractivity contribution in [3.05, 3.63) is 35.6 Å². The van der Waals surface area contributed by atoms with Gasteiger partial charge in [-0.3, -0.25) is 4.79 Å². The van der Waals surface area contributed by atoms with Crippen LogP contribution < -0.4 is 11.1 Å². The molecular formula is C13H19FN2O2. The van der Waals surface area contributed by atoms with E-state index in [0.29, 0.717) is 19.6 Å². The molecule has 1 amide bonds. The third-order valence-electron chi connectivity index (χ3n) is 2.84. The number of methoxy groups -OCH3 is 1. The molecule has 100 valence electrons. The van der Waals surface area contributed by atoms with E-state index in [0.717, 1.165) is 5.56 Å². The molecule has 1 atom stereocenters. The van der Waals surface area contributed by atoms with Crippen molar-refractivity contribution < 1.29 is 13.9 Å². The molecule has 0 bridgehead atoms. The van der Waals surface area contributed by atoms with E-state index in [4.69, 9.17) is 10.5 Å². The highest BCUT2D eigenvalue weighted by atomic mass is 19.1. The molecule has 0 radical (unpaired) electrons. The maximum atomic E-state index is 12.8. The van der Waals surface area contributed by atoms with E-state index in [2.05, 4.69) is 5.32 Å². The van der Waals surface area contributed by atoms with Gasteiger partial charge in [-0.25, -0.2) is 4.39 Å². The van der Waals surface area contributed by atoms with Crippen molar-refractivity contribution in [3.63, 3.8) is 0 Å². The summed E-state index contributed by atoms with van der Waals surface area (Å²) in [4.78, 5) is 11.5. The number of primary amides is 1. The lowest BCUT2D eigenvalue weighted by Gasteiger charge is -2.27. The molecular weight excluding hydrogens is 235 g/mol. The minimum absolute atomic E-state index is 0.299. The maximum Gasteiger partial charge on any atom is 0.237 e. The largest absolute Gasteiger partial charge is 0.383 e. The molecule has 0 aromatic heterocycles. The van der Waals surface area contributed by atoms with Crippen LogP contribution in [-0.4, -0.2) is 31.7 Å². The van der Waals surface area contributed by atoms with Gasteiger partial charge in [-0.2, -0.15) is 0 Å². The summed E-state index contributed by atoms with van der Waals surface area (Å²) < 4.78 is 17.7. The number of carbonyl (C=O) groups excluding carboxylic acids is 1. The molecule has 3 N–H and O–H groups in total. The van der Waals surface area contributed by atoms with Gasteiger partial charge in [0.25, 0.3) is 0 Å². The van der Waals surface area contributed by atoms with Crippen molar-refractivity contribution in [2.45, 2.75) is 18.9 Å². The Labute approximate surface area is 106 Å². The summed E-state index contributed by atoms with van der Waals surface area (Å²) in [6.07, 6.45) is 0.409. The minimum atomic E-state index is -0.865. The number of ether oxygens (including phenoxy) is 1. The number of nitrogens with two attached hydrogens (primary N) is 1. The van der Waals surface area contributed by atoms with Crippen LogP contribution >= 0.6 is 0 Å². The van der Waals surface area contributed by atoms with Crippen LogP contribution in [0.3, 0.4) is 0 Å². The highest BCUT2D eigenvalue weighted by molar-refractivity contribution is 5.84. The van der Waals surface area contributed by atoms with E-state index < -0.39 is 11.4 Å². The highest BCUT2D eigenvalue weighted by Crippen LogP contribution is 2.13. The van der Waals surface area contributed by atoms with Crippen LogP contribution in [0.15, 0.2) is 24.3 Å². The first-order valence-corrected chi connectivity index (χ1v) is 5.76. The van der Waals surface area contributed by atoms with Gasteiger partial charge < -0.3 is 15.8 Å². The Kier molecular flexibility index (Phi) is 5.25. The summed E-state index contributed by atoms with van der Waals surface area (Å²) in [5, 5.41) is 3.07. The maximum absolute atomic E-state index is 12.8. The van der Waals surface area contributed by atoms with Crippen molar-refractivity contribution in [2.75, 3.05) is 20.3 Å². The number of benzene rings is 1. The zero-order valence-electron chi connectivity index (χ0n) is 10.7. The summed E-state index contributed by atoms with van der Waals surface area (Å²) in [5.41, 5.74) is 5.40. The van der Waals surface area contributed by atoms with Gasteiger partial charge in [0, 0.05) is 13.7 Å². The summed E-state index contributed by atoms with van der Waals surface area (Å²) >= 11 is 0. The predicted octanol–water partition coefficient (Wildman–Crippen LogP) is 0.848. The number of carbonyl (C=O) groups is 1. The van der Waals surface area contributed by atoms with Gasteiger partial charge in [0.15, 0.2) is 0 Å². The van der Waals surface area contributed by atoms with E-state index in [9.17, 15) is 9.18 Å². The van der Waals surface area contributed by atoms with Crippen molar-refractivity contribution in [2.24, 2.45) is 5.73 Å². The van der Waals surface area contributed by atoms with Gasteiger partial charge in [-0.05, 0) is 31.0 Å². The molecule has 1 aromatic carbocycles. The van der Waals surface area contributed by atoms with E-state index in [-0.39, 0.29) is 5.82 Å². The Morgan fingerprint density at radius 2 is 2.06 bits per heavy atom. The molecule has 0 heterocycles. The highest BCUT2D eigenvalue weighted by Gasteiger charge is 2.30. The number of rotatable bonds is 7. The van der Waals surface area contributed by atoms with Crippen molar-refractivity contribution in [3.8, 4) is 0 Å². The van der Waals surface area contributed by atoms with E-state index in [1.807, 2.05) is 0 Å². The lowest BCUT2D eigenvalue weighted by atomic mass is 9.92. The molecule has 1 rings (SSSR count). The van der Waals surface area contributed by atoms with Crippen LogP contribution in [0.1, 0.15) is 12.5 Å². The number of amides is 1. The standard InChI is InChI=1S/C13H19FN2O2/c1-13(12(15)17,16-7-8-18-2)9-10-3-5-11(14)6-4-10/h3-6,16H,7-9H2,1-2H3,(H2,15,17). The zero-order chi connectivity index (χ0) is 13.6. The predicted molar refractivity (Wildman–Crippen MR) is 67.6 cm³/mol. The van der Waals surface area contributed by atoms with Gasteiger partial charge in [0.1, 0.15) is 5.82 Å². The van der Waals surface area contributed by atoms with Crippen molar-refractivity contribution in [1.82, 2.24) is 5.32 Å². The van der Waals surface area contributed by atoms with Crippen molar-refractivity contribution in [1.29, 1.82) is 0 Å². The second-order valence-electron chi connectivity index (χ2n) is 4.42. The Hall–Kier alpha value is -1.46. The second kappa shape index (κ2) is 6.47. The molecule has 0 fully saturated rings. The molecule has 1 unspecified atom stereocenters. The third kappa shape index (κ3) is 4.09. The van der Waals surface area contributed by atoms with E-state index in [1.165, 1.54) is 12.1 Å². The van der Waals surface area contributed by atoms with Crippen LogP contribution in [0.5, 0.6) is 0 Å². The average molecular weight is 254 g/mol. The van der Waals surface area contributed by atoms with E-state index in [1.54, 1.807) is 26.2 Å². The molecule has 0 saturated heterocycles. The molecule has 0 aliphatic carbocycles. The molecule has 0 spiro atoms. The van der Waals surface area contributed by atoms with Gasteiger partial charge in [0.05, 0.1) is 12.1 Å². The number of hydrogen-bond donors (Lipinski definition) is 2. The monoisotopic (exact) mass is 254 g/mol. The molecule has 5 heteroatoms. The Bertz CT molecular complexity index is 394. The first-order valence-electron chi connectivity index (χ1n) is 5.76. The summed E-state index contributed by atoms with van der Waals surface area (Å²) in [5.74, 6) is -0.741. The van der Waals surface area contributed by atoms with Crippen LogP contribution in [-0.2, 0) is 16.0 Å². The summed E-state index contributed by atoms with van der Waals surface area (Å²) in [7, 11) is 1.59. The lowest BCUT2D eigenvalue weighted by molar-refractivity contribution is -0.123. The number of halogens is 1. The second-order valence-corrected chi connectivity index (χ2v) is 4.42. The van der Waals surface area contributed by atoms with Crippen LogP contribution in [0.25, 0.3) is 0 Å². The fourth-order valence-corrected chi connectivity index (χ4v) is 1.68. The van der Waals surface area contributed by atoms with Crippen LogP contribution in [0, 0.1) is 5.82 Å². The average Bonchev–Trinajstić information content (AvgIpc) is 2.32. The molecule has 18 heavy (non-hydrogen) atoms. The van der Waals surface area contributed by atoms with Crippen molar-refractivity contribution >= 4 is 5.91 Å². The molecule has 1 aromatic rings. The Morgan fingerprint density at radius 1 is 1.44 bits per heavy atom. The van der Waals surface area contributed by atoms with Gasteiger partial charge >= 0.3 is 0 Å². The molecule has 0 aliphatic rings. The van der Waals surface area contributed by atoms with Crippen LogP contribution in [0.2, 0.25) is 0 Å². The molecule has 0 aliphatic heterocycles. The normalized spacial score (nSPS) is 14.2. The molecule has 4 nitrogen and oxygen atoms in total. The van der Waals surface area contributed by atoms with Gasteiger partial charge in [-0.15, -0.1) is 0 Å². The zero-order valence-corrected chi connectivity index (χ0v) is 10.7. The van der Waals surface area contributed by atoms with Crippen LogP contribution in [0.4, 0.5) is 4.39 Å². The Balaban J connectivity index is 2.72. The first kappa shape index (κ1) is 14.6. The smallest absolute Gasteiger partial charge is 0.237 e. The van der Waals surface area contributed by atoms with Gasteiger partial charge in [-0.1, -0.05) is 12.1 Å². The van der Waals surface area contributed by atoms with Gasteiger partial charge in [0.2, 0.25) is 5.91 Å². The molecule has 0 saturated carbocycles. The lowest BCUT2D eigenvalue weighted by Crippen LogP contribution is -2.55. The summed E-state index contributed by atoms with van der Waals surface area (Å²) in [6.45, 7) is 2.75. The third-order valence-corrected chi connectivity index (χ3v) is 2.84. The topological polar surface area (TPSA) is 64.3 Å². The number of hydrogen-bond acceptors (Lipinski definition) is 3. The number of nitrogens with one attached hydrogen (secondary N) is 1. The fraction of sp³-hybridized carbons (Fsp3) is 0.462. The van der Waals surface area contributed by atoms with E-state index >= 15 is 0 Å². The fourth-order valence-electron chi connectivity index (χ4n) is 1.68. The summed E-state index contributed by atoms with van der Waals surface area (Å²) in [6, 6.07) is 6.03. The first-order chi connectivity index (χ1) is 8.48. The SMILES string of the molecule is COCCNC(C)(Cc1ccc(F)cc1)C(N)=O. The Morgan fingerprint density at radius 3 is 2.56 bits per heavy atom. The quantitative estimate of drug-likeness (QED) is 0.709. The minimum Gasteiger partial charge on any atom is -0.383 e.